The highest BCUT2D eigenvalue weighted by Gasteiger charge is 2.37. The molecule has 6 nitrogen and oxygen atoms in total. The molecule has 0 radical (unpaired) electrons. The molecule has 1 unspecified atom stereocenters. The van der Waals surface area contributed by atoms with Crippen LogP contribution < -0.4 is 4.74 Å². The fourth-order valence-electron chi connectivity index (χ4n) is 3.49. The number of carbonyl (C=O) groups excluding carboxylic acids is 1. The lowest BCUT2D eigenvalue weighted by Crippen LogP contribution is -2.50. The number of furan rings is 1. The molecule has 2 aromatic rings. The van der Waals surface area contributed by atoms with Crippen molar-refractivity contribution in [1.29, 1.82) is 0 Å². The van der Waals surface area contributed by atoms with E-state index in [0.717, 1.165) is 29.5 Å². The molecule has 0 bridgehead atoms. The lowest BCUT2D eigenvalue weighted by Gasteiger charge is -2.37. The number of nitrogens with zero attached hydrogens (tertiary/aromatic N) is 1. The van der Waals surface area contributed by atoms with E-state index >= 15 is 0 Å². The summed E-state index contributed by atoms with van der Waals surface area (Å²) in [6.45, 7) is 2.13. The van der Waals surface area contributed by atoms with Gasteiger partial charge in [0.05, 0.1) is 19.3 Å². The summed E-state index contributed by atoms with van der Waals surface area (Å²) in [6, 6.07) is 11.0. The van der Waals surface area contributed by atoms with Crippen molar-refractivity contribution in [3.8, 4) is 5.75 Å². The second-order valence-electron chi connectivity index (χ2n) is 6.68. The quantitative estimate of drug-likeness (QED) is 0.710. The topological polar surface area (TPSA) is 61.1 Å². The fourth-order valence-corrected chi connectivity index (χ4v) is 3.75. The van der Waals surface area contributed by atoms with Gasteiger partial charge in [-0.25, -0.2) is 0 Å². The zero-order chi connectivity index (χ0) is 18.6. The van der Waals surface area contributed by atoms with E-state index in [2.05, 4.69) is 15.9 Å². The number of amides is 1. The minimum atomic E-state index is -0.329. The Bertz CT molecular complexity index is 769. The van der Waals surface area contributed by atoms with Crippen LogP contribution in [0, 0.1) is 0 Å². The number of likely N-dealkylation sites (tertiary alicyclic amines) is 1. The second kappa shape index (κ2) is 8.46. The summed E-state index contributed by atoms with van der Waals surface area (Å²) in [5.41, 5.74) is 0. The van der Waals surface area contributed by atoms with E-state index in [0.29, 0.717) is 31.3 Å². The van der Waals surface area contributed by atoms with Gasteiger partial charge in [-0.3, -0.25) is 4.79 Å². The Hall–Kier alpha value is -1.83. The highest BCUT2D eigenvalue weighted by molar-refractivity contribution is 9.10. The molecule has 0 aliphatic carbocycles. The molecule has 0 spiro atoms. The Balaban J connectivity index is 1.40. The van der Waals surface area contributed by atoms with Crippen molar-refractivity contribution in [2.45, 2.75) is 38.2 Å². The second-order valence-corrected chi connectivity index (χ2v) is 7.60. The van der Waals surface area contributed by atoms with Crippen LogP contribution in [0.2, 0.25) is 0 Å². The van der Waals surface area contributed by atoms with Crippen molar-refractivity contribution >= 4 is 21.8 Å². The van der Waals surface area contributed by atoms with E-state index < -0.39 is 0 Å². The smallest absolute Gasteiger partial charge is 0.289 e. The molecule has 144 valence electrons. The first-order valence-corrected chi connectivity index (χ1v) is 10.0. The average molecular weight is 436 g/mol. The van der Waals surface area contributed by atoms with Gasteiger partial charge in [-0.2, -0.15) is 0 Å². The van der Waals surface area contributed by atoms with E-state index in [-0.39, 0.29) is 24.8 Å². The van der Waals surface area contributed by atoms with Gasteiger partial charge in [0.15, 0.2) is 12.1 Å². The number of ether oxygens (including phenoxy) is 3. The SMILES string of the molecule is O=C(c1ccc(COc2ccc(Br)cc2)o1)N1CCCCC1C1OCCO1. The first kappa shape index (κ1) is 18.5. The van der Waals surface area contributed by atoms with E-state index in [9.17, 15) is 4.79 Å². The van der Waals surface area contributed by atoms with Crippen molar-refractivity contribution in [3.63, 3.8) is 0 Å². The van der Waals surface area contributed by atoms with Crippen molar-refractivity contribution in [3.05, 3.63) is 52.4 Å². The van der Waals surface area contributed by atoms with E-state index in [4.69, 9.17) is 18.6 Å². The van der Waals surface area contributed by atoms with Crippen molar-refractivity contribution < 1.29 is 23.4 Å². The molecule has 2 aliphatic heterocycles. The van der Waals surface area contributed by atoms with Gasteiger partial charge in [-0.15, -0.1) is 0 Å². The number of piperidine rings is 1. The minimum Gasteiger partial charge on any atom is -0.486 e. The molecule has 2 aliphatic rings. The highest BCUT2D eigenvalue weighted by atomic mass is 79.9. The third kappa shape index (κ3) is 4.36. The van der Waals surface area contributed by atoms with Crippen molar-refractivity contribution in [2.75, 3.05) is 19.8 Å². The molecule has 7 heteroatoms. The zero-order valence-electron chi connectivity index (χ0n) is 14.9. The van der Waals surface area contributed by atoms with Crippen molar-refractivity contribution in [2.24, 2.45) is 0 Å². The molecular weight excluding hydrogens is 414 g/mol. The molecule has 1 amide bonds. The maximum atomic E-state index is 13.0. The van der Waals surface area contributed by atoms with Crippen LogP contribution in [0.15, 0.2) is 45.3 Å². The van der Waals surface area contributed by atoms with E-state index in [1.807, 2.05) is 29.2 Å². The molecule has 4 rings (SSSR count). The van der Waals surface area contributed by atoms with Crippen LogP contribution in [-0.2, 0) is 16.1 Å². The van der Waals surface area contributed by atoms with Crippen LogP contribution >= 0.6 is 15.9 Å². The van der Waals surface area contributed by atoms with E-state index in [1.165, 1.54) is 0 Å². The van der Waals surface area contributed by atoms with Gasteiger partial charge in [0.2, 0.25) is 0 Å². The van der Waals surface area contributed by atoms with Crippen LogP contribution in [0.25, 0.3) is 0 Å². The minimum absolute atomic E-state index is 0.0543. The Labute approximate surface area is 166 Å². The Kier molecular flexibility index (Phi) is 5.80. The van der Waals surface area contributed by atoms with E-state index in [1.54, 1.807) is 12.1 Å². The normalized spacial score (nSPS) is 20.8. The van der Waals surface area contributed by atoms with Crippen LogP contribution in [0.4, 0.5) is 0 Å². The lowest BCUT2D eigenvalue weighted by atomic mass is 10.0. The molecule has 27 heavy (non-hydrogen) atoms. The van der Waals surface area contributed by atoms with Gasteiger partial charge in [-0.05, 0) is 55.7 Å². The lowest BCUT2D eigenvalue weighted by molar-refractivity contribution is -0.100. The molecule has 2 saturated heterocycles. The number of rotatable bonds is 5. The number of hydrogen-bond donors (Lipinski definition) is 0. The number of carbonyl (C=O) groups is 1. The summed E-state index contributed by atoms with van der Waals surface area (Å²) in [5.74, 6) is 1.57. The molecule has 1 atom stereocenters. The molecule has 2 fully saturated rings. The molecule has 3 heterocycles. The maximum Gasteiger partial charge on any atom is 0.289 e. The molecule has 0 N–H and O–H groups in total. The predicted molar refractivity (Wildman–Crippen MR) is 102 cm³/mol. The summed E-state index contributed by atoms with van der Waals surface area (Å²) in [6.07, 6.45) is 2.61. The van der Waals surface area contributed by atoms with Gasteiger partial charge in [-0.1, -0.05) is 15.9 Å². The first-order chi connectivity index (χ1) is 13.2. The van der Waals surface area contributed by atoms with Crippen molar-refractivity contribution in [1.82, 2.24) is 4.90 Å². The van der Waals surface area contributed by atoms with Gasteiger partial charge in [0, 0.05) is 11.0 Å². The van der Waals surface area contributed by atoms with Gasteiger partial charge < -0.3 is 23.5 Å². The summed E-state index contributed by atoms with van der Waals surface area (Å²) in [5, 5.41) is 0. The van der Waals surface area contributed by atoms with Crippen LogP contribution in [0.1, 0.15) is 35.6 Å². The maximum absolute atomic E-state index is 13.0. The van der Waals surface area contributed by atoms with Gasteiger partial charge >= 0.3 is 0 Å². The summed E-state index contributed by atoms with van der Waals surface area (Å²) >= 11 is 3.39. The molecule has 1 aromatic heterocycles. The third-order valence-electron chi connectivity index (χ3n) is 4.84. The number of benzene rings is 1. The van der Waals surface area contributed by atoms with Crippen LogP contribution in [0.3, 0.4) is 0 Å². The van der Waals surface area contributed by atoms with Crippen LogP contribution in [0.5, 0.6) is 5.75 Å². The first-order valence-electron chi connectivity index (χ1n) is 9.22. The molecule has 0 saturated carbocycles. The fraction of sp³-hybridized carbons (Fsp3) is 0.450. The third-order valence-corrected chi connectivity index (χ3v) is 5.37. The largest absolute Gasteiger partial charge is 0.486 e. The highest BCUT2D eigenvalue weighted by Crippen LogP contribution is 2.26. The Morgan fingerprint density at radius 3 is 2.67 bits per heavy atom. The number of halogens is 1. The summed E-state index contributed by atoms with van der Waals surface area (Å²) < 4.78 is 23.7. The Morgan fingerprint density at radius 1 is 1.11 bits per heavy atom. The Morgan fingerprint density at radius 2 is 1.89 bits per heavy atom. The average Bonchev–Trinajstić information content (AvgIpc) is 3.39. The summed E-state index contributed by atoms with van der Waals surface area (Å²) in [4.78, 5) is 14.8. The standard InChI is InChI=1S/C20H22BrNO5/c21-14-4-6-15(7-5-14)26-13-16-8-9-18(27-16)19(23)22-10-2-1-3-17(22)20-24-11-12-25-20/h4-9,17,20H,1-3,10-13H2. The number of hydrogen-bond acceptors (Lipinski definition) is 5. The predicted octanol–water partition coefficient (Wildman–Crippen LogP) is 3.99. The van der Waals surface area contributed by atoms with Crippen LogP contribution in [-0.4, -0.2) is 42.9 Å². The summed E-state index contributed by atoms with van der Waals surface area (Å²) in [7, 11) is 0. The van der Waals surface area contributed by atoms with Gasteiger partial charge in [0.1, 0.15) is 18.1 Å². The van der Waals surface area contributed by atoms with Gasteiger partial charge in [0.25, 0.3) is 5.91 Å². The monoisotopic (exact) mass is 435 g/mol. The molecule has 1 aromatic carbocycles. The molecular formula is C20H22BrNO5. The zero-order valence-corrected chi connectivity index (χ0v) is 16.5.